The van der Waals surface area contributed by atoms with Crippen molar-refractivity contribution in [1.29, 1.82) is 0 Å². The Bertz CT molecular complexity index is 1260. The van der Waals surface area contributed by atoms with Crippen molar-refractivity contribution in [2.24, 2.45) is 0 Å². The molecule has 1 fully saturated rings. The van der Waals surface area contributed by atoms with Crippen molar-refractivity contribution in [3.63, 3.8) is 0 Å². The molecular formula is C24H28FN7O2. The molecule has 0 saturated carbocycles. The molecule has 9 nitrogen and oxygen atoms in total. The summed E-state index contributed by atoms with van der Waals surface area (Å²) < 4.78 is 20.9. The molecule has 2 aliphatic heterocycles. The normalized spacial score (nSPS) is 16.4. The molecule has 2 aliphatic rings. The summed E-state index contributed by atoms with van der Waals surface area (Å²) in [6.07, 6.45) is 4.89. The maximum atomic E-state index is 15.3. The van der Waals surface area contributed by atoms with E-state index in [9.17, 15) is 4.79 Å². The van der Waals surface area contributed by atoms with Crippen LogP contribution < -0.4 is 26.4 Å². The highest BCUT2D eigenvalue weighted by molar-refractivity contribution is 6.00. The van der Waals surface area contributed by atoms with E-state index in [0.29, 0.717) is 46.7 Å². The van der Waals surface area contributed by atoms with E-state index in [2.05, 4.69) is 37.9 Å². The number of anilines is 3. The van der Waals surface area contributed by atoms with E-state index in [1.54, 1.807) is 18.3 Å². The highest BCUT2D eigenvalue weighted by Crippen LogP contribution is 2.39. The third kappa shape index (κ3) is 4.16. The molecule has 3 aromatic rings. The lowest BCUT2D eigenvalue weighted by Crippen LogP contribution is -2.44. The fraction of sp³-hybridized carbons (Fsp3) is 0.375. The number of nitrogens with one attached hydrogen (secondary N) is 3. The molecule has 178 valence electrons. The predicted octanol–water partition coefficient (Wildman–Crippen LogP) is 3.35. The van der Waals surface area contributed by atoms with Crippen LogP contribution in [0.4, 0.5) is 26.4 Å². The van der Waals surface area contributed by atoms with Gasteiger partial charge in [-0.05, 0) is 63.0 Å². The highest BCUT2D eigenvalue weighted by atomic mass is 19.1. The van der Waals surface area contributed by atoms with E-state index in [1.807, 2.05) is 6.92 Å². The molecule has 4 heterocycles. The van der Waals surface area contributed by atoms with E-state index in [4.69, 9.17) is 10.5 Å². The molecule has 34 heavy (non-hydrogen) atoms. The minimum absolute atomic E-state index is 0.00339. The van der Waals surface area contributed by atoms with Crippen LogP contribution in [0.2, 0.25) is 0 Å². The number of amides is 2. The number of fused-ring (bicyclic) bond motifs is 2. The van der Waals surface area contributed by atoms with Gasteiger partial charge in [0, 0.05) is 41.5 Å². The van der Waals surface area contributed by atoms with Crippen molar-refractivity contribution in [1.82, 2.24) is 20.2 Å². The van der Waals surface area contributed by atoms with Crippen LogP contribution >= 0.6 is 0 Å². The van der Waals surface area contributed by atoms with E-state index < -0.39 is 5.82 Å². The van der Waals surface area contributed by atoms with Crippen LogP contribution in [0.15, 0.2) is 24.5 Å². The first-order valence-corrected chi connectivity index (χ1v) is 11.4. The zero-order chi connectivity index (χ0) is 23.8. The second-order valence-corrected chi connectivity index (χ2v) is 8.87. The molecule has 0 radical (unpaired) electrons. The summed E-state index contributed by atoms with van der Waals surface area (Å²) in [6, 6.07) is 3.23. The molecule has 1 saturated heterocycles. The molecule has 2 amide bonds. The molecule has 1 aromatic carbocycles. The van der Waals surface area contributed by atoms with Crippen LogP contribution in [-0.2, 0) is 0 Å². The van der Waals surface area contributed by atoms with Gasteiger partial charge in [0.15, 0.2) is 5.82 Å². The average molecular weight is 466 g/mol. The number of pyridine rings is 2. The lowest BCUT2D eigenvalue weighted by Gasteiger charge is -2.29. The number of piperidine rings is 1. The number of likely N-dealkylation sites (tertiary alicyclic amines) is 1. The largest absolute Gasteiger partial charge is 0.474 e. The number of nitrogens with two attached hydrogens (primary N) is 1. The molecule has 2 aromatic heterocycles. The fourth-order valence-corrected chi connectivity index (χ4v) is 4.55. The van der Waals surface area contributed by atoms with Crippen LogP contribution in [0.3, 0.4) is 0 Å². The number of ether oxygens (including phenoxy) is 1. The van der Waals surface area contributed by atoms with Gasteiger partial charge in [-0.2, -0.15) is 0 Å². The van der Waals surface area contributed by atoms with Crippen LogP contribution in [0.5, 0.6) is 5.88 Å². The Morgan fingerprint density at radius 1 is 1.24 bits per heavy atom. The van der Waals surface area contributed by atoms with Crippen LogP contribution in [-0.4, -0.2) is 60.2 Å². The first kappa shape index (κ1) is 22.1. The first-order valence-electron chi connectivity index (χ1n) is 11.4. The summed E-state index contributed by atoms with van der Waals surface area (Å²) >= 11 is 0. The molecule has 5 rings (SSSR count). The SMILES string of the molecule is Cc1c(-c2cc3cc(NC(=O)NC4CCN(C)CC4)ncc3c(N)c2F)cnc2c1NCCO2. The van der Waals surface area contributed by atoms with Crippen molar-refractivity contribution in [2.45, 2.75) is 25.8 Å². The molecule has 0 spiro atoms. The number of hydrogen-bond acceptors (Lipinski definition) is 7. The summed E-state index contributed by atoms with van der Waals surface area (Å²) in [5.41, 5.74) is 8.69. The van der Waals surface area contributed by atoms with Crippen LogP contribution in [0.1, 0.15) is 18.4 Å². The van der Waals surface area contributed by atoms with Gasteiger partial charge in [0.25, 0.3) is 0 Å². The lowest BCUT2D eigenvalue weighted by molar-refractivity contribution is 0.221. The zero-order valence-electron chi connectivity index (χ0n) is 19.2. The minimum Gasteiger partial charge on any atom is -0.474 e. The molecule has 0 aliphatic carbocycles. The van der Waals surface area contributed by atoms with Gasteiger partial charge in [-0.1, -0.05) is 0 Å². The summed E-state index contributed by atoms with van der Waals surface area (Å²) in [5.74, 6) is 0.342. The van der Waals surface area contributed by atoms with Gasteiger partial charge < -0.3 is 26.0 Å². The first-order chi connectivity index (χ1) is 16.4. The number of hydrogen-bond donors (Lipinski definition) is 4. The molecule has 0 bridgehead atoms. The monoisotopic (exact) mass is 465 g/mol. The molecule has 5 N–H and O–H groups in total. The molecule has 0 unspecified atom stereocenters. The Hall–Kier alpha value is -3.66. The molecular weight excluding hydrogens is 437 g/mol. The number of aromatic nitrogens is 2. The van der Waals surface area contributed by atoms with Crippen molar-refractivity contribution < 1.29 is 13.9 Å². The second kappa shape index (κ2) is 8.94. The van der Waals surface area contributed by atoms with Crippen LogP contribution in [0.25, 0.3) is 21.9 Å². The Morgan fingerprint density at radius 2 is 2.03 bits per heavy atom. The lowest BCUT2D eigenvalue weighted by atomic mass is 9.97. The number of nitrogen functional groups attached to an aromatic ring is 1. The van der Waals surface area contributed by atoms with E-state index in [-0.39, 0.29) is 17.8 Å². The highest BCUT2D eigenvalue weighted by Gasteiger charge is 2.22. The van der Waals surface area contributed by atoms with Crippen LogP contribution in [0, 0.1) is 12.7 Å². The maximum absolute atomic E-state index is 15.3. The topological polar surface area (TPSA) is 117 Å². The number of nitrogens with zero attached hydrogens (tertiary/aromatic N) is 3. The summed E-state index contributed by atoms with van der Waals surface area (Å²) in [4.78, 5) is 23.4. The number of benzene rings is 1. The second-order valence-electron chi connectivity index (χ2n) is 8.87. The maximum Gasteiger partial charge on any atom is 0.320 e. The quantitative estimate of drug-likeness (QED) is 0.438. The number of halogens is 1. The smallest absolute Gasteiger partial charge is 0.320 e. The van der Waals surface area contributed by atoms with Crippen molar-refractivity contribution >= 4 is 34.0 Å². The standard InChI is InChI=1S/C24H28FN7O2/c1-13-17(11-29-23-22(13)27-5-8-34-23)16-9-14-10-19(28-12-18(14)21(26)20(16)25)31-24(33)30-15-3-6-32(2)7-4-15/h9-12,15,27H,3-8,26H2,1-2H3,(H2,28,30,31,33). The fourth-order valence-electron chi connectivity index (χ4n) is 4.55. The zero-order valence-corrected chi connectivity index (χ0v) is 19.2. The summed E-state index contributed by atoms with van der Waals surface area (Å²) in [7, 11) is 2.07. The Labute approximate surface area is 196 Å². The van der Waals surface area contributed by atoms with E-state index >= 15 is 4.39 Å². The minimum atomic E-state index is -0.531. The Kier molecular flexibility index (Phi) is 5.82. The molecule has 10 heteroatoms. The predicted molar refractivity (Wildman–Crippen MR) is 131 cm³/mol. The third-order valence-corrected chi connectivity index (χ3v) is 6.53. The number of rotatable bonds is 3. The van der Waals surface area contributed by atoms with E-state index in [0.717, 1.165) is 37.2 Å². The summed E-state index contributed by atoms with van der Waals surface area (Å²) in [5, 5.41) is 10.2. The molecule has 0 atom stereocenters. The summed E-state index contributed by atoms with van der Waals surface area (Å²) in [6.45, 7) is 4.98. The number of carbonyl (C=O) groups is 1. The van der Waals surface area contributed by atoms with Gasteiger partial charge >= 0.3 is 6.03 Å². The number of carbonyl (C=O) groups excluding carboxylic acids is 1. The van der Waals surface area contributed by atoms with Gasteiger partial charge in [-0.3, -0.25) is 5.32 Å². The van der Waals surface area contributed by atoms with Gasteiger partial charge in [0.1, 0.15) is 18.1 Å². The van der Waals surface area contributed by atoms with E-state index in [1.165, 1.54) is 6.20 Å². The van der Waals surface area contributed by atoms with Gasteiger partial charge in [-0.25, -0.2) is 19.2 Å². The van der Waals surface area contributed by atoms with Gasteiger partial charge in [0.05, 0.1) is 5.69 Å². The Balaban J connectivity index is 1.44. The third-order valence-electron chi connectivity index (χ3n) is 6.53. The van der Waals surface area contributed by atoms with Gasteiger partial charge in [-0.15, -0.1) is 0 Å². The van der Waals surface area contributed by atoms with Gasteiger partial charge in [0.2, 0.25) is 5.88 Å². The average Bonchev–Trinajstić information content (AvgIpc) is 2.83. The van der Waals surface area contributed by atoms with Crippen molar-refractivity contribution in [3.8, 4) is 17.0 Å². The van der Waals surface area contributed by atoms with Crippen molar-refractivity contribution in [2.75, 3.05) is 49.7 Å². The Morgan fingerprint density at radius 3 is 2.82 bits per heavy atom. The number of urea groups is 1. The van der Waals surface area contributed by atoms with Crippen molar-refractivity contribution in [3.05, 3.63) is 35.9 Å².